The molecule has 2 atom stereocenters. The van der Waals surface area contributed by atoms with E-state index in [2.05, 4.69) is 79.1 Å². The standard InChI is InChI=1S/C24H25FN4O2.C15H21BO4.C13H12N2O2.C12H10N2O2.C9H9IO2.C8H7IO2.C6H12BO2.C4H3ClN2.CH4O.7CH4.Na.H2O4S.H2O/c1-16-4-8-20(23-26-10-3-11-27-23)21(12-16)24(30)29-14-18(6-5-17(29)2)15-31-22-9-7-19(25)13-28-22;1-10-7-8-12(11(9-10)13(17)18-6)16-19-14(2,3)15(4,5)20-16;1-9-4-5-10(11(8-9)13(16)17-2)12-14-6-3-7-15-12;1-8-3-4-9(10(7-8)12(15)16)11-13-5-2-6-14-11;1-6-3-4-8(10)7(5-6)9(11)12-2;1-5-2-3-7(9)6(4-5)8(10)11;1-5(2)6(3,4)9-7-8-5;5-4-6-2-1-3-7-4;1-2;;;;;;;;;1-5(2,3)4;/h3-4,7-13,17-18H,5-6,14-15H2,1-2H3;7-9H,1-6H3;3-8H,1-2H3;2-7H,1H3,(H,15,16);3-5H,1-2H3;2-4H,1H3,(H,10,11);1-4H3;1-3H;2H,1H3;7*1H4;;(H2,1,2,3,4);1H2/q;;;;;;;;;;;;;;;;+1;;/p-1/t17-,18-;;;;;;;;;;;;;;;;;;/m1................../s1. The van der Waals surface area contributed by atoms with Crippen molar-refractivity contribution in [2.75, 3.05) is 41.6 Å². The van der Waals surface area contributed by atoms with Gasteiger partial charge >= 0.3 is 84.6 Å². The number of hydrogen-bond donors (Lipinski definition) is 5. The Morgan fingerprint density at radius 1 is 0.482 bits per heavy atom. The Hall–Kier alpha value is -10.2. The summed E-state index contributed by atoms with van der Waals surface area (Å²) in [5.41, 5.74) is 10.2. The molecule has 3 aliphatic heterocycles. The Bertz CT molecular complexity index is 5660. The van der Waals surface area contributed by atoms with Gasteiger partial charge < -0.3 is 63.3 Å². The molecular formula is C99H134B2ClFI2N10NaO22S. The van der Waals surface area contributed by atoms with Crippen LogP contribution in [0.4, 0.5) is 4.39 Å². The number of aromatic carboxylic acids is 2. The van der Waals surface area contributed by atoms with Crippen molar-refractivity contribution in [3.63, 3.8) is 0 Å². The van der Waals surface area contributed by atoms with Gasteiger partial charge in [0.25, 0.3) is 5.91 Å². The van der Waals surface area contributed by atoms with E-state index in [4.69, 9.17) is 77.3 Å². The van der Waals surface area contributed by atoms with Gasteiger partial charge in [-0.1, -0.05) is 146 Å². The summed E-state index contributed by atoms with van der Waals surface area (Å²) in [5.74, 6) is -1.23. The fraction of sp³-hybridized carbons (Fsp3) is 0.364. The molecule has 3 saturated heterocycles. The number of benzene rings is 6. The quantitative estimate of drug-likeness (QED) is 0.0179. The summed E-state index contributed by atoms with van der Waals surface area (Å²) >= 11 is 9.44. The molecule has 11 aromatic rings. The molecular weight excluding hydrogens is 2070 g/mol. The maximum absolute atomic E-state index is 13.6. The summed E-state index contributed by atoms with van der Waals surface area (Å²) in [7, 11) is 1.31. The number of rotatable bonds is 13. The maximum Gasteiger partial charge on any atom is 1.00 e. The zero-order valence-corrected chi connectivity index (χ0v) is 84.7. The molecule has 32 nitrogen and oxygen atoms in total. The fourth-order valence-electron chi connectivity index (χ4n) is 11.6. The normalized spacial score (nSPS) is 13.8. The minimum atomic E-state index is -4.67. The maximum atomic E-state index is 13.6. The monoisotopic (exact) mass is 2200 g/mol. The molecule has 0 spiro atoms. The first-order valence-corrected chi connectivity index (χ1v) is 43.8. The average molecular weight is 2200 g/mol. The second-order valence-corrected chi connectivity index (χ2v) is 34.3. The van der Waals surface area contributed by atoms with E-state index in [9.17, 15) is 33.2 Å². The molecule has 1 amide bonds. The van der Waals surface area contributed by atoms with Gasteiger partial charge in [-0.2, -0.15) is 8.42 Å². The first kappa shape index (κ1) is 137. The van der Waals surface area contributed by atoms with Crippen molar-refractivity contribution < 1.29 is 139 Å². The number of hydrogen-bond acceptors (Lipinski definition) is 27. The molecule has 1 radical (unpaired) electrons. The Morgan fingerprint density at radius 2 is 0.806 bits per heavy atom. The number of aryl methyl sites for hydroxylation is 6. The minimum absolute atomic E-state index is 0. The summed E-state index contributed by atoms with van der Waals surface area (Å²) in [6.07, 6.45) is 16.0. The van der Waals surface area contributed by atoms with Gasteiger partial charge in [-0.15, -0.1) is 0 Å². The van der Waals surface area contributed by atoms with E-state index >= 15 is 0 Å². The van der Waals surface area contributed by atoms with Gasteiger partial charge in [0.1, 0.15) is 5.82 Å². The van der Waals surface area contributed by atoms with Gasteiger partial charge in [0.05, 0.1) is 89.9 Å². The van der Waals surface area contributed by atoms with Gasteiger partial charge in [-0.25, -0.2) is 73.2 Å². The number of piperidine rings is 1. The van der Waals surface area contributed by atoms with Crippen molar-refractivity contribution in [2.45, 2.75) is 197 Å². The molecule has 3 aliphatic rings. The molecule has 6 N–H and O–H groups in total. The van der Waals surface area contributed by atoms with Gasteiger partial charge in [0.15, 0.2) is 17.5 Å². The van der Waals surface area contributed by atoms with E-state index in [0.29, 0.717) is 86.2 Å². The minimum Gasteiger partial charge on any atom is -0.870 e. The number of aliphatic hydroxyl groups excluding tert-OH is 1. The number of esters is 3. The zero-order valence-electron chi connectivity index (χ0n) is 76.8. The Morgan fingerprint density at radius 3 is 1.16 bits per heavy atom. The molecule has 6 aromatic carbocycles. The first-order chi connectivity index (χ1) is 61.2. The van der Waals surface area contributed by atoms with E-state index in [-0.39, 0.29) is 140 Å². The fourth-order valence-corrected chi connectivity index (χ4v) is 12.8. The molecule has 139 heavy (non-hydrogen) atoms. The molecule has 0 aliphatic carbocycles. The van der Waals surface area contributed by atoms with E-state index < -0.39 is 46.5 Å². The van der Waals surface area contributed by atoms with Gasteiger partial charge in [0.2, 0.25) is 11.2 Å². The molecule has 14 rings (SSSR count). The Kier molecular flexibility index (Phi) is 65.0. The van der Waals surface area contributed by atoms with E-state index in [1.807, 2.05) is 197 Å². The van der Waals surface area contributed by atoms with Crippen molar-refractivity contribution >= 4 is 123 Å². The molecule has 8 heterocycles. The van der Waals surface area contributed by atoms with Crippen molar-refractivity contribution in [1.29, 1.82) is 0 Å². The van der Waals surface area contributed by atoms with Crippen LogP contribution >= 0.6 is 56.8 Å². The number of ether oxygens (including phenoxy) is 4. The number of aromatic nitrogens is 9. The van der Waals surface area contributed by atoms with Crippen LogP contribution in [0.2, 0.25) is 5.28 Å². The number of likely N-dealkylation sites (tertiary alicyclic amines) is 1. The van der Waals surface area contributed by atoms with Crippen LogP contribution in [0.1, 0.15) is 223 Å². The third kappa shape index (κ3) is 44.3. The molecule has 40 heteroatoms. The van der Waals surface area contributed by atoms with E-state index in [1.165, 1.54) is 41.1 Å². The number of carbonyl (C=O) groups is 6. The number of carboxylic acids is 2. The molecule has 0 unspecified atom stereocenters. The number of methoxy groups -OCH3 is 3. The average Bonchev–Trinajstić information content (AvgIpc) is 1.59. The van der Waals surface area contributed by atoms with Crippen LogP contribution in [0.25, 0.3) is 34.2 Å². The predicted molar refractivity (Wildman–Crippen MR) is 557 cm³/mol. The van der Waals surface area contributed by atoms with Crippen molar-refractivity contribution in [3.8, 4) is 40.0 Å². The molecule has 0 saturated carbocycles. The smallest absolute Gasteiger partial charge is 0.870 e. The second-order valence-electron chi connectivity index (χ2n) is 30.8. The van der Waals surface area contributed by atoms with Crippen LogP contribution in [0, 0.1) is 60.4 Å². The predicted octanol–water partition coefficient (Wildman–Crippen LogP) is 17.9. The summed E-state index contributed by atoms with van der Waals surface area (Å²) in [5, 5.41) is 25.1. The van der Waals surface area contributed by atoms with Crippen LogP contribution in [0.15, 0.2) is 201 Å². The Labute approximate surface area is 875 Å². The van der Waals surface area contributed by atoms with Crippen molar-refractivity contribution in [2.24, 2.45) is 5.92 Å². The van der Waals surface area contributed by atoms with E-state index in [1.54, 1.807) is 110 Å². The van der Waals surface area contributed by atoms with Gasteiger partial charge in [-0.3, -0.25) is 13.9 Å². The molecule has 753 valence electrons. The van der Waals surface area contributed by atoms with E-state index in [0.717, 1.165) is 72.2 Å². The van der Waals surface area contributed by atoms with Crippen LogP contribution in [0.3, 0.4) is 0 Å². The number of aliphatic hydroxyl groups is 1. The largest absolute Gasteiger partial charge is 1.00 e. The van der Waals surface area contributed by atoms with Gasteiger partial charge in [-0.05, 0) is 258 Å². The molecule has 3 fully saturated rings. The summed E-state index contributed by atoms with van der Waals surface area (Å²) < 4.78 is 88.7. The third-order valence-corrected chi connectivity index (χ3v) is 22.0. The summed E-state index contributed by atoms with van der Waals surface area (Å²) in [6, 6.07) is 43.0. The molecule has 5 aromatic heterocycles. The first-order valence-electron chi connectivity index (χ1n) is 39.8. The van der Waals surface area contributed by atoms with Crippen LogP contribution < -0.4 is 39.8 Å². The van der Waals surface area contributed by atoms with Crippen LogP contribution in [-0.2, 0) is 43.2 Å². The number of carboxylic acid groups (broad SMARTS) is 2. The number of carbonyl (C=O) groups excluding carboxylic acids is 4. The Balaban J connectivity index is -0.000000499. The second kappa shape index (κ2) is 65.8. The number of nitrogens with zero attached hydrogens (tertiary/aromatic N) is 10. The van der Waals surface area contributed by atoms with Crippen molar-refractivity contribution in [3.05, 3.63) is 286 Å². The number of pyridine rings is 1. The third-order valence-electron chi connectivity index (χ3n) is 19.9. The van der Waals surface area contributed by atoms with Crippen LogP contribution in [0.5, 0.6) is 5.88 Å². The molecule has 0 bridgehead atoms. The van der Waals surface area contributed by atoms with Gasteiger partial charge in [0, 0.05) is 105 Å². The van der Waals surface area contributed by atoms with Crippen molar-refractivity contribution in [1.82, 2.24) is 49.8 Å². The van der Waals surface area contributed by atoms with Crippen LogP contribution in [-0.4, -0.2) is 209 Å². The number of amides is 1. The summed E-state index contributed by atoms with van der Waals surface area (Å²) in [4.78, 5) is 108. The SMILES string of the molecule is C.C.C.C.C.C.C.CC1(C)O[B]OC1(C)C.CO.COC(=O)c1cc(C)ccc1-c1ncccn1.COC(=O)c1cc(C)ccc1B1OC(C)(C)C(C)(C)O1.COC(=O)c1cc(C)ccc1I.Cc1ccc(-c2ncccn2)c(C(=O)N2C[C@H](COc3ccc(F)cn3)CC[C@H]2C)c1.Cc1ccc(-c2ncccn2)c(C(=O)O)c1.Cc1ccc(I)c(C(=O)O)c1.Clc1ncccn1.O=S(=O)(O)O.[Na+].[OH-]. The zero-order chi connectivity index (χ0) is 97.0. The topological polar surface area (TPSA) is 461 Å². The summed E-state index contributed by atoms with van der Waals surface area (Å²) in [6.45, 7) is 30.6. The number of halogens is 4.